The summed E-state index contributed by atoms with van der Waals surface area (Å²) in [6.45, 7) is 0. The third kappa shape index (κ3) is 4.14. The standard InChI is InChI=1S/C19H15FN4S/c20-16-9-5-4-8-14(16)12-25-19-23-17(15(11-21)18(22)24-19)10-13-6-2-1-3-7-13/h1-9H,10,12H2,(H2,22,23,24). The van der Waals surface area contributed by atoms with Gasteiger partial charge in [0.15, 0.2) is 5.16 Å². The quantitative estimate of drug-likeness (QED) is 0.557. The average Bonchev–Trinajstić information content (AvgIpc) is 2.62. The molecule has 0 aliphatic rings. The maximum absolute atomic E-state index is 13.7. The fraction of sp³-hybridized carbons (Fsp3) is 0.105. The zero-order valence-corrected chi connectivity index (χ0v) is 14.1. The van der Waals surface area contributed by atoms with Crippen LogP contribution < -0.4 is 5.73 Å². The Hall–Kier alpha value is -2.91. The van der Waals surface area contributed by atoms with Gasteiger partial charge in [0.25, 0.3) is 0 Å². The van der Waals surface area contributed by atoms with Crippen LogP contribution in [0.25, 0.3) is 0 Å². The van der Waals surface area contributed by atoms with Gasteiger partial charge in [-0.25, -0.2) is 14.4 Å². The van der Waals surface area contributed by atoms with Crippen LogP contribution in [-0.2, 0) is 12.2 Å². The molecule has 1 aromatic heterocycles. The van der Waals surface area contributed by atoms with E-state index in [1.807, 2.05) is 30.3 Å². The number of thioether (sulfide) groups is 1. The Bertz CT molecular complexity index is 922. The van der Waals surface area contributed by atoms with Gasteiger partial charge in [-0.3, -0.25) is 0 Å². The van der Waals surface area contributed by atoms with Gasteiger partial charge >= 0.3 is 0 Å². The molecule has 0 amide bonds. The highest BCUT2D eigenvalue weighted by Gasteiger charge is 2.14. The summed E-state index contributed by atoms with van der Waals surface area (Å²) in [6.07, 6.45) is 0.490. The van der Waals surface area contributed by atoms with Gasteiger partial charge in [0.05, 0.1) is 5.69 Å². The van der Waals surface area contributed by atoms with Crippen LogP contribution in [0, 0.1) is 17.1 Å². The number of rotatable bonds is 5. The van der Waals surface area contributed by atoms with Crippen molar-refractivity contribution in [3.8, 4) is 6.07 Å². The summed E-state index contributed by atoms with van der Waals surface area (Å²) in [6, 6.07) is 18.4. The van der Waals surface area contributed by atoms with Crippen molar-refractivity contribution in [2.24, 2.45) is 0 Å². The van der Waals surface area contributed by atoms with Gasteiger partial charge in [-0.15, -0.1) is 0 Å². The van der Waals surface area contributed by atoms with E-state index in [-0.39, 0.29) is 11.6 Å². The molecular formula is C19H15FN4S. The molecule has 3 rings (SSSR count). The third-order valence-electron chi connectivity index (χ3n) is 3.63. The van der Waals surface area contributed by atoms with E-state index in [1.165, 1.54) is 17.8 Å². The molecule has 0 radical (unpaired) electrons. The molecular weight excluding hydrogens is 335 g/mol. The third-order valence-corrected chi connectivity index (χ3v) is 4.53. The van der Waals surface area contributed by atoms with E-state index in [9.17, 15) is 9.65 Å². The summed E-state index contributed by atoms with van der Waals surface area (Å²) in [5.41, 5.74) is 8.40. The Balaban J connectivity index is 1.86. The minimum atomic E-state index is -0.263. The van der Waals surface area contributed by atoms with Crippen LogP contribution in [0.2, 0.25) is 0 Å². The topological polar surface area (TPSA) is 75.6 Å². The molecule has 0 fully saturated rings. The molecule has 0 saturated carbocycles. The summed E-state index contributed by atoms with van der Waals surface area (Å²) < 4.78 is 13.7. The lowest BCUT2D eigenvalue weighted by Gasteiger charge is -2.09. The molecule has 0 unspecified atom stereocenters. The molecule has 2 aromatic carbocycles. The molecule has 25 heavy (non-hydrogen) atoms. The number of anilines is 1. The highest BCUT2D eigenvalue weighted by atomic mass is 32.2. The maximum atomic E-state index is 13.7. The lowest BCUT2D eigenvalue weighted by molar-refractivity contribution is 0.617. The normalized spacial score (nSPS) is 10.4. The first-order valence-corrected chi connectivity index (χ1v) is 8.62. The number of hydrogen-bond acceptors (Lipinski definition) is 5. The van der Waals surface area contributed by atoms with Gasteiger partial charge in [-0.05, 0) is 17.2 Å². The SMILES string of the molecule is N#Cc1c(N)nc(SCc2ccccc2F)nc1Cc1ccccc1. The average molecular weight is 350 g/mol. The number of nitrogen functional groups attached to an aromatic ring is 1. The van der Waals surface area contributed by atoms with Crippen LogP contribution in [0.1, 0.15) is 22.4 Å². The molecule has 0 atom stereocenters. The molecule has 0 bridgehead atoms. The number of nitrogens with zero attached hydrogens (tertiary/aromatic N) is 3. The van der Waals surface area contributed by atoms with Gasteiger partial charge in [0.1, 0.15) is 23.3 Å². The largest absolute Gasteiger partial charge is 0.382 e. The first-order valence-electron chi connectivity index (χ1n) is 7.64. The molecule has 0 aliphatic heterocycles. The Morgan fingerprint density at radius 3 is 2.48 bits per heavy atom. The minimum Gasteiger partial charge on any atom is -0.382 e. The van der Waals surface area contributed by atoms with Crippen molar-refractivity contribution in [3.63, 3.8) is 0 Å². The number of halogens is 1. The molecule has 0 aliphatic carbocycles. The fourth-order valence-corrected chi connectivity index (χ4v) is 3.22. The molecule has 3 aromatic rings. The number of hydrogen-bond donors (Lipinski definition) is 1. The molecule has 1 heterocycles. The lowest BCUT2D eigenvalue weighted by Crippen LogP contribution is -2.06. The second-order valence-electron chi connectivity index (χ2n) is 5.37. The smallest absolute Gasteiger partial charge is 0.190 e. The molecule has 6 heteroatoms. The predicted octanol–water partition coefficient (Wildman–Crippen LogP) is 3.95. The zero-order chi connectivity index (χ0) is 17.6. The number of nitrogens with two attached hydrogens (primary N) is 1. The van der Waals surface area contributed by atoms with Crippen LogP contribution in [-0.4, -0.2) is 9.97 Å². The monoisotopic (exact) mass is 350 g/mol. The zero-order valence-electron chi connectivity index (χ0n) is 13.3. The van der Waals surface area contributed by atoms with Crippen molar-refractivity contribution >= 4 is 17.6 Å². The van der Waals surface area contributed by atoms with Crippen molar-refractivity contribution in [1.82, 2.24) is 9.97 Å². The minimum absolute atomic E-state index is 0.152. The van der Waals surface area contributed by atoms with Crippen molar-refractivity contribution in [3.05, 3.63) is 82.8 Å². The Kier molecular flexibility index (Phi) is 5.26. The highest BCUT2D eigenvalue weighted by molar-refractivity contribution is 7.98. The summed E-state index contributed by atoms with van der Waals surface area (Å²) in [4.78, 5) is 8.65. The van der Waals surface area contributed by atoms with Crippen molar-refractivity contribution < 1.29 is 4.39 Å². The number of benzene rings is 2. The van der Waals surface area contributed by atoms with Crippen molar-refractivity contribution in [2.45, 2.75) is 17.3 Å². The van der Waals surface area contributed by atoms with Gasteiger partial charge in [-0.1, -0.05) is 60.3 Å². The van der Waals surface area contributed by atoms with E-state index < -0.39 is 0 Å². The Morgan fingerprint density at radius 2 is 1.76 bits per heavy atom. The summed E-state index contributed by atoms with van der Waals surface area (Å²) in [7, 11) is 0. The summed E-state index contributed by atoms with van der Waals surface area (Å²) in [5.74, 6) is 0.281. The van der Waals surface area contributed by atoms with E-state index in [0.29, 0.717) is 34.2 Å². The van der Waals surface area contributed by atoms with E-state index in [0.717, 1.165) is 5.56 Å². The van der Waals surface area contributed by atoms with Crippen LogP contribution in [0.4, 0.5) is 10.2 Å². The Labute approximate surface area is 149 Å². The molecule has 2 N–H and O–H groups in total. The Morgan fingerprint density at radius 1 is 1.04 bits per heavy atom. The highest BCUT2D eigenvalue weighted by Crippen LogP contribution is 2.25. The van der Waals surface area contributed by atoms with E-state index in [2.05, 4.69) is 16.0 Å². The fourth-order valence-electron chi connectivity index (χ4n) is 2.36. The molecule has 0 saturated heterocycles. The second kappa shape index (κ2) is 7.77. The first-order chi connectivity index (χ1) is 12.2. The maximum Gasteiger partial charge on any atom is 0.190 e. The summed E-state index contributed by atoms with van der Waals surface area (Å²) >= 11 is 1.29. The van der Waals surface area contributed by atoms with Crippen LogP contribution in [0.3, 0.4) is 0 Å². The van der Waals surface area contributed by atoms with Crippen LogP contribution in [0.5, 0.6) is 0 Å². The van der Waals surface area contributed by atoms with Crippen molar-refractivity contribution in [2.75, 3.05) is 5.73 Å². The van der Waals surface area contributed by atoms with E-state index >= 15 is 0 Å². The first kappa shape index (κ1) is 16.9. The molecule has 124 valence electrons. The lowest BCUT2D eigenvalue weighted by atomic mass is 10.1. The van der Waals surface area contributed by atoms with Gasteiger partial charge in [0, 0.05) is 12.2 Å². The second-order valence-corrected chi connectivity index (χ2v) is 6.31. The van der Waals surface area contributed by atoms with Gasteiger partial charge in [-0.2, -0.15) is 5.26 Å². The number of aromatic nitrogens is 2. The van der Waals surface area contributed by atoms with Gasteiger partial charge in [0.2, 0.25) is 0 Å². The van der Waals surface area contributed by atoms with Crippen molar-refractivity contribution in [1.29, 1.82) is 5.26 Å². The number of nitriles is 1. The predicted molar refractivity (Wildman–Crippen MR) is 96.4 cm³/mol. The van der Waals surface area contributed by atoms with Crippen LogP contribution in [0.15, 0.2) is 59.8 Å². The van der Waals surface area contributed by atoms with E-state index in [1.54, 1.807) is 18.2 Å². The summed E-state index contributed by atoms with van der Waals surface area (Å²) in [5, 5.41) is 9.78. The van der Waals surface area contributed by atoms with E-state index in [4.69, 9.17) is 5.73 Å². The van der Waals surface area contributed by atoms with Gasteiger partial charge < -0.3 is 5.73 Å². The molecule has 4 nitrogen and oxygen atoms in total. The van der Waals surface area contributed by atoms with Crippen LogP contribution >= 0.6 is 11.8 Å². The molecule has 0 spiro atoms.